The van der Waals surface area contributed by atoms with Gasteiger partial charge in [-0.3, -0.25) is 4.68 Å². The van der Waals surface area contributed by atoms with Gasteiger partial charge >= 0.3 is 0 Å². The minimum absolute atomic E-state index is 0.798. The minimum atomic E-state index is 0.798. The van der Waals surface area contributed by atoms with Crippen molar-refractivity contribution >= 4 is 16.7 Å². The third-order valence-corrected chi connectivity index (χ3v) is 2.09. The molecule has 64 valence electrons. The van der Waals surface area contributed by atoms with E-state index in [0.717, 1.165) is 16.7 Å². The van der Waals surface area contributed by atoms with Crippen LogP contribution in [0.5, 0.6) is 0 Å². The summed E-state index contributed by atoms with van der Waals surface area (Å²) >= 11 is 0. The molecule has 0 aliphatic carbocycles. The molecule has 0 radical (unpaired) electrons. The highest BCUT2D eigenvalue weighted by molar-refractivity contribution is 5.89. The van der Waals surface area contributed by atoms with E-state index in [2.05, 4.69) is 5.43 Å². The van der Waals surface area contributed by atoms with Crippen molar-refractivity contribution < 1.29 is 0 Å². The highest BCUT2D eigenvalue weighted by Crippen LogP contribution is 2.22. The first-order chi connectivity index (χ1) is 5.74. The van der Waals surface area contributed by atoms with Crippen LogP contribution >= 0.6 is 0 Å². The molecular formula is C8H12N4. The molecular weight excluding hydrogens is 152 g/mol. The molecule has 0 unspecified atom stereocenters. The second-order valence-corrected chi connectivity index (χ2v) is 2.84. The molecule has 0 amide bonds. The first kappa shape index (κ1) is 7.09. The van der Waals surface area contributed by atoms with Gasteiger partial charge in [0.2, 0.25) is 0 Å². The second kappa shape index (κ2) is 2.20. The van der Waals surface area contributed by atoms with Crippen LogP contribution in [0.1, 0.15) is 0 Å². The largest absolute Gasteiger partial charge is 0.396 e. The van der Waals surface area contributed by atoms with Crippen molar-refractivity contribution in [3.05, 3.63) is 18.5 Å². The van der Waals surface area contributed by atoms with Gasteiger partial charge in [-0.25, -0.2) is 0 Å². The molecule has 12 heavy (non-hydrogen) atoms. The second-order valence-electron chi connectivity index (χ2n) is 2.84. The summed E-state index contributed by atoms with van der Waals surface area (Å²) in [5, 5.41) is 0. The van der Waals surface area contributed by atoms with Gasteiger partial charge in [-0.15, -0.1) is 0 Å². The molecule has 0 saturated heterocycles. The van der Waals surface area contributed by atoms with E-state index in [9.17, 15) is 0 Å². The summed E-state index contributed by atoms with van der Waals surface area (Å²) in [5.41, 5.74) is 11.8. The first-order valence-corrected chi connectivity index (χ1v) is 3.83. The van der Waals surface area contributed by atoms with E-state index in [1.807, 2.05) is 41.8 Å². The highest BCUT2D eigenvalue weighted by Gasteiger charge is 2.07. The standard InChI is InChI=1S/C8H12N4/c1-10-12-4-3-7-8(12)6(9)5-11(7)2/h3-5,10H,9H2,1-2H3. The third kappa shape index (κ3) is 0.717. The van der Waals surface area contributed by atoms with Crippen LogP contribution in [0.25, 0.3) is 11.0 Å². The number of nitrogens with one attached hydrogen (secondary N) is 1. The van der Waals surface area contributed by atoms with Crippen LogP contribution in [-0.2, 0) is 7.05 Å². The fourth-order valence-corrected chi connectivity index (χ4v) is 1.52. The number of nitrogens with two attached hydrogens (primary N) is 1. The number of nitrogen functional groups attached to an aromatic ring is 1. The number of fused-ring (bicyclic) bond motifs is 1. The molecule has 3 N–H and O–H groups in total. The van der Waals surface area contributed by atoms with Crippen LogP contribution in [-0.4, -0.2) is 16.3 Å². The van der Waals surface area contributed by atoms with Gasteiger partial charge in [0, 0.05) is 26.5 Å². The van der Waals surface area contributed by atoms with Crippen molar-refractivity contribution in [3.63, 3.8) is 0 Å². The Morgan fingerprint density at radius 3 is 2.92 bits per heavy atom. The third-order valence-electron chi connectivity index (χ3n) is 2.09. The summed E-state index contributed by atoms with van der Waals surface area (Å²) < 4.78 is 3.92. The number of hydrogen-bond acceptors (Lipinski definition) is 2. The average Bonchev–Trinajstić information content (AvgIpc) is 2.55. The van der Waals surface area contributed by atoms with E-state index in [4.69, 9.17) is 5.73 Å². The van der Waals surface area contributed by atoms with E-state index in [1.54, 1.807) is 0 Å². The van der Waals surface area contributed by atoms with Crippen LogP contribution in [0.15, 0.2) is 18.5 Å². The van der Waals surface area contributed by atoms with Crippen LogP contribution in [0.4, 0.5) is 5.69 Å². The smallest absolute Gasteiger partial charge is 0.110 e. The Hall–Kier alpha value is -1.58. The van der Waals surface area contributed by atoms with E-state index < -0.39 is 0 Å². The van der Waals surface area contributed by atoms with Crippen LogP contribution in [0.3, 0.4) is 0 Å². The molecule has 0 fully saturated rings. The zero-order chi connectivity index (χ0) is 8.72. The molecule has 2 aromatic rings. The molecule has 0 bridgehead atoms. The summed E-state index contributed by atoms with van der Waals surface area (Å²) in [6.07, 6.45) is 3.87. The zero-order valence-corrected chi connectivity index (χ0v) is 7.20. The number of nitrogens with zero attached hydrogens (tertiary/aromatic N) is 2. The number of aromatic nitrogens is 2. The molecule has 2 aromatic heterocycles. The molecule has 0 aromatic carbocycles. The maximum atomic E-state index is 5.82. The Morgan fingerprint density at radius 2 is 2.25 bits per heavy atom. The summed E-state index contributed by atoms with van der Waals surface area (Å²) in [6.45, 7) is 0. The summed E-state index contributed by atoms with van der Waals surface area (Å²) in [5.74, 6) is 0. The number of aryl methyl sites for hydroxylation is 1. The van der Waals surface area contributed by atoms with Gasteiger partial charge in [0.05, 0.1) is 11.2 Å². The Balaban J connectivity index is 2.84. The number of rotatable bonds is 1. The van der Waals surface area contributed by atoms with E-state index in [-0.39, 0.29) is 0 Å². The van der Waals surface area contributed by atoms with E-state index in [1.165, 1.54) is 0 Å². The molecule has 0 spiro atoms. The molecule has 2 heterocycles. The van der Waals surface area contributed by atoms with Gasteiger partial charge in [0.1, 0.15) is 5.52 Å². The van der Waals surface area contributed by atoms with Gasteiger partial charge < -0.3 is 15.7 Å². The lowest BCUT2D eigenvalue weighted by atomic mass is 10.4. The molecule has 2 rings (SSSR count). The molecule has 4 nitrogen and oxygen atoms in total. The van der Waals surface area contributed by atoms with Crippen LogP contribution < -0.4 is 11.2 Å². The normalized spacial score (nSPS) is 10.8. The van der Waals surface area contributed by atoms with Crippen molar-refractivity contribution in [1.29, 1.82) is 0 Å². The van der Waals surface area contributed by atoms with Crippen LogP contribution in [0, 0.1) is 0 Å². The molecule has 0 aliphatic heterocycles. The van der Waals surface area contributed by atoms with Gasteiger partial charge in [-0.1, -0.05) is 0 Å². The Kier molecular flexibility index (Phi) is 1.30. The van der Waals surface area contributed by atoms with Crippen molar-refractivity contribution in [2.45, 2.75) is 0 Å². The predicted octanol–water partition coefficient (Wildman–Crippen LogP) is 0.735. The molecule has 0 saturated carbocycles. The SMILES string of the molecule is CNn1ccc2c1c(N)cn2C. The fourth-order valence-electron chi connectivity index (χ4n) is 1.52. The average molecular weight is 164 g/mol. The lowest BCUT2D eigenvalue weighted by molar-refractivity contribution is 0.971. The van der Waals surface area contributed by atoms with Gasteiger partial charge in [0.25, 0.3) is 0 Å². The summed E-state index contributed by atoms with van der Waals surface area (Å²) in [7, 11) is 3.85. The molecule has 0 atom stereocenters. The van der Waals surface area contributed by atoms with Gasteiger partial charge in [0.15, 0.2) is 0 Å². The maximum absolute atomic E-state index is 5.82. The first-order valence-electron chi connectivity index (χ1n) is 3.83. The van der Waals surface area contributed by atoms with E-state index >= 15 is 0 Å². The fraction of sp³-hybridized carbons (Fsp3) is 0.250. The van der Waals surface area contributed by atoms with Crippen LogP contribution in [0.2, 0.25) is 0 Å². The maximum Gasteiger partial charge on any atom is 0.110 e. The van der Waals surface area contributed by atoms with Crippen molar-refractivity contribution in [1.82, 2.24) is 9.24 Å². The summed E-state index contributed by atoms with van der Waals surface area (Å²) in [4.78, 5) is 0. The van der Waals surface area contributed by atoms with Crippen molar-refractivity contribution in [2.75, 3.05) is 18.2 Å². The highest BCUT2D eigenvalue weighted by atomic mass is 15.4. The minimum Gasteiger partial charge on any atom is -0.396 e. The topological polar surface area (TPSA) is 47.9 Å². The number of anilines is 1. The quantitative estimate of drug-likeness (QED) is 0.653. The Bertz CT molecular complexity index is 410. The number of hydrogen-bond donors (Lipinski definition) is 2. The lowest BCUT2D eigenvalue weighted by Gasteiger charge is -2.00. The van der Waals surface area contributed by atoms with Crippen molar-refractivity contribution in [3.8, 4) is 0 Å². The molecule has 0 aliphatic rings. The monoisotopic (exact) mass is 164 g/mol. The van der Waals surface area contributed by atoms with Gasteiger partial charge in [-0.05, 0) is 6.07 Å². The Morgan fingerprint density at radius 1 is 1.50 bits per heavy atom. The lowest BCUT2D eigenvalue weighted by Crippen LogP contribution is -2.06. The predicted molar refractivity (Wildman–Crippen MR) is 50.6 cm³/mol. The summed E-state index contributed by atoms with van der Waals surface area (Å²) in [6, 6.07) is 2.03. The Labute approximate surface area is 70.5 Å². The van der Waals surface area contributed by atoms with E-state index in [0.29, 0.717) is 0 Å². The molecule has 4 heteroatoms. The zero-order valence-electron chi connectivity index (χ0n) is 7.20. The van der Waals surface area contributed by atoms with Crippen molar-refractivity contribution in [2.24, 2.45) is 7.05 Å². The van der Waals surface area contributed by atoms with Gasteiger partial charge in [-0.2, -0.15) is 0 Å².